The van der Waals surface area contributed by atoms with Gasteiger partial charge in [-0.25, -0.2) is 9.50 Å². The number of carbonyl (C=O) groups is 1. The molecule has 4 aromatic heterocycles. The molecule has 0 atom stereocenters. The maximum Gasteiger partial charge on any atom is 0.271 e. The molecule has 0 aliphatic carbocycles. The molecule has 4 rings (SSSR count). The highest BCUT2D eigenvalue weighted by Gasteiger charge is 2.17. The summed E-state index contributed by atoms with van der Waals surface area (Å²) in [6.45, 7) is 6.09. The number of fused-ring (bicyclic) bond motifs is 1. The molecule has 10 heteroatoms. The van der Waals surface area contributed by atoms with Crippen molar-refractivity contribution in [1.82, 2.24) is 39.5 Å². The van der Waals surface area contributed by atoms with Crippen molar-refractivity contribution in [1.29, 1.82) is 0 Å². The molecule has 0 saturated carbocycles. The number of hydrogen-bond acceptors (Lipinski definition) is 5. The molecule has 0 radical (unpaired) electrons. The molecular formula is C19H21BrN8O. The second-order valence-electron chi connectivity index (χ2n) is 6.62. The second kappa shape index (κ2) is 8.16. The Morgan fingerprint density at radius 3 is 2.83 bits per heavy atom. The van der Waals surface area contributed by atoms with Crippen molar-refractivity contribution in [2.45, 2.75) is 33.4 Å². The van der Waals surface area contributed by atoms with Crippen LogP contribution in [0.2, 0.25) is 0 Å². The minimum absolute atomic E-state index is 0.225. The van der Waals surface area contributed by atoms with E-state index >= 15 is 0 Å². The average molecular weight is 457 g/mol. The number of amides is 1. The molecule has 150 valence electrons. The first-order chi connectivity index (χ1) is 14.1. The zero-order valence-corrected chi connectivity index (χ0v) is 17.8. The first-order valence-electron chi connectivity index (χ1n) is 9.41. The van der Waals surface area contributed by atoms with Gasteiger partial charge in [0.25, 0.3) is 5.91 Å². The lowest BCUT2D eigenvalue weighted by atomic mass is 10.3. The Kier molecular flexibility index (Phi) is 5.43. The van der Waals surface area contributed by atoms with Crippen LogP contribution in [0.3, 0.4) is 0 Å². The van der Waals surface area contributed by atoms with E-state index in [4.69, 9.17) is 0 Å². The maximum atomic E-state index is 12.5. The molecule has 4 aromatic rings. The van der Waals surface area contributed by atoms with Gasteiger partial charge >= 0.3 is 0 Å². The van der Waals surface area contributed by atoms with Crippen LogP contribution in [0.4, 0.5) is 0 Å². The minimum Gasteiger partial charge on any atom is -0.351 e. The topological polar surface area (TPSA) is 94.9 Å². The van der Waals surface area contributed by atoms with E-state index in [0.717, 1.165) is 41.1 Å². The van der Waals surface area contributed by atoms with Crippen molar-refractivity contribution in [3.63, 3.8) is 0 Å². The number of rotatable bonds is 7. The van der Waals surface area contributed by atoms with Crippen LogP contribution >= 0.6 is 15.9 Å². The summed E-state index contributed by atoms with van der Waals surface area (Å²) < 4.78 is 6.27. The Balaban J connectivity index is 1.49. The zero-order chi connectivity index (χ0) is 20.4. The summed E-state index contributed by atoms with van der Waals surface area (Å²) in [7, 11) is 0. The summed E-state index contributed by atoms with van der Waals surface area (Å²) in [6.07, 6.45) is 6.17. The third-order valence-electron chi connectivity index (χ3n) is 4.64. The quantitative estimate of drug-likeness (QED) is 0.431. The van der Waals surface area contributed by atoms with Crippen LogP contribution in [0.5, 0.6) is 0 Å². The molecule has 0 spiro atoms. The van der Waals surface area contributed by atoms with E-state index in [1.54, 1.807) is 23.0 Å². The highest BCUT2D eigenvalue weighted by molar-refractivity contribution is 9.10. The average Bonchev–Trinajstić information content (AvgIpc) is 3.43. The molecule has 4 heterocycles. The van der Waals surface area contributed by atoms with Gasteiger partial charge in [0.15, 0.2) is 11.3 Å². The van der Waals surface area contributed by atoms with Gasteiger partial charge in [-0.2, -0.15) is 15.3 Å². The first kappa shape index (κ1) is 19.3. The maximum absolute atomic E-state index is 12.5. The Bertz CT molecular complexity index is 1160. The lowest BCUT2D eigenvalue weighted by Gasteiger charge is -2.05. The highest BCUT2D eigenvalue weighted by atomic mass is 79.9. The van der Waals surface area contributed by atoms with Crippen molar-refractivity contribution in [2.75, 3.05) is 6.54 Å². The molecule has 0 saturated heterocycles. The third kappa shape index (κ3) is 3.93. The van der Waals surface area contributed by atoms with Gasteiger partial charge in [0.2, 0.25) is 0 Å². The van der Waals surface area contributed by atoms with E-state index in [2.05, 4.69) is 41.5 Å². The Hall–Kier alpha value is -3.01. The van der Waals surface area contributed by atoms with Crippen LogP contribution in [-0.4, -0.2) is 46.6 Å². The summed E-state index contributed by atoms with van der Waals surface area (Å²) in [6, 6.07) is 5.48. The van der Waals surface area contributed by atoms with Crippen molar-refractivity contribution in [3.05, 3.63) is 52.7 Å². The lowest BCUT2D eigenvalue weighted by Crippen LogP contribution is -2.26. The zero-order valence-electron chi connectivity index (χ0n) is 16.2. The van der Waals surface area contributed by atoms with E-state index in [1.807, 2.05) is 41.5 Å². The number of carbonyl (C=O) groups excluding carboxylic acids is 1. The number of aromatic nitrogens is 7. The van der Waals surface area contributed by atoms with Gasteiger partial charge in [0, 0.05) is 50.0 Å². The lowest BCUT2D eigenvalue weighted by molar-refractivity contribution is 0.0947. The molecule has 0 aromatic carbocycles. The van der Waals surface area contributed by atoms with E-state index < -0.39 is 0 Å². The SMILES string of the molecule is CCn1cc(Br)c(-c2ccnc3cc(C(=O)NCCCn4nccc4C)nn23)n1. The second-order valence-corrected chi connectivity index (χ2v) is 7.47. The first-order valence-corrected chi connectivity index (χ1v) is 10.2. The van der Waals surface area contributed by atoms with Crippen LogP contribution in [-0.2, 0) is 13.1 Å². The Labute approximate surface area is 175 Å². The van der Waals surface area contributed by atoms with Crippen LogP contribution in [0.25, 0.3) is 17.0 Å². The summed E-state index contributed by atoms with van der Waals surface area (Å²) in [5.74, 6) is -0.225. The van der Waals surface area contributed by atoms with E-state index in [9.17, 15) is 4.79 Å². The van der Waals surface area contributed by atoms with Gasteiger partial charge in [-0.3, -0.25) is 14.2 Å². The van der Waals surface area contributed by atoms with Gasteiger partial charge in [-0.1, -0.05) is 0 Å². The summed E-state index contributed by atoms with van der Waals surface area (Å²) in [4.78, 5) is 16.9. The normalized spacial score (nSPS) is 11.3. The Morgan fingerprint density at radius 2 is 2.10 bits per heavy atom. The fourth-order valence-electron chi connectivity index (χ4n) is 3.07. The van der Waals surface area contributed by atoms with Crippen LogP contribution in [0, 0.1) is 6.92 Å². The van der Waals surface area contributed by atoms with E-state index in [-0.39, 0.29) is 5.91 Å². The van der Waals surface area contributed by atoms with Crippen molar-refractivity contribution < 1.29 is 4.79 Å². The van der Waals surface area contributed by atoms with Gasteiger partial charge in [0.05, 0.1) is 10.2 Å². The fourth-order valence-corrected chi connectivity index (χ4v) is 3.59. The number of hydrogen-bond donors (Lipinski definition) is 1. The summed E-state index contributed by atoms with van der Waals surface area (Å²) >= 11 is 3.55. The predicted molar refractivity (Wildman–Crippen MR) is 111 cm³/mol. The molecule has 29 heavy (non-hydrogen) atoms. The van der Waals surface area contributed by atoms with Crippen LogP contribution in [0.1, 0.15) is 29.5 Å². The van der Waals surface area contributed by atoms with Gasteiger partial charge in [-0.05, 0) is 48.3 Å². The summed E-state index contributed by atoms with van der Waals surface area (Å²) in [5.41, 5.74) is 3.54. The predicted octanol–water partition coefficient (Wildman–Crippen LogP) is 2.70. The number of nitrogens with one attached hydrogen (secondary N) is 1. The van der Waals surface area contributed by atoms with Crippen LogP contribution < -0.4 is 5.32 Å². The van der Waals surface area contributed by atoms with Crippen LogP contribution in [0.15, 0.2) is 41.3 Å². The standard InChI is InChI=1S/C19H21BrN8O/c1-3-26-12-14(20)18(25-26)16-6-8-21-17-11-15(24-28(16)17)19(29)22-7-4-10-27-13(2)5-9-23-27/h5-6,8-9,11-12H,3-4,7,10H2,1-2H3,(H,22,29). The van der Waals surface area contributed by atoms with Gasteiger partial charge < -0.3 is 5.32 Å². The highest BCUT2D eigenvalue weighted by Crippen LogP contribution is 2.26. The Morgan fingerprint density at radius 1 is 1.24 bits per heavy atom. The number of nitrogens with zero attached hydrogens (tertiary/aromatic N) is 7. The smallest absolute Gasteiger partial charge is 0.271 e. The molecule has 0 aliphatic rings. The minimum atomic E-state index is -0.225. The largest absolute Gasteiger partial charge is 0.351 e. The number of aryl methyl sites for hydroxylation is 3. The fraction of sp³-hybridized carbons (Fsp3) is 0.316. The van der Waals surface area contributed by atoms with Gasteiger partial charge in [0.1, 0.15) is 5.69 Å². The molecular weight excluding hydrogens is 436 g/mol. The molecule has 0 unspecified atom stereocenters. The van der Waals surface area contributed by atoms with E-state index in [1.165, 1.54) is 0 Å². The summed E-state index contributed by atoms with van der Waals surface area (Å²) in [5, 5.41) is 16.2. The number of halogens is 1. The van der Waals surface area contributed by atoms with Crippen molar-refractivity contribution >= 4 is 27.5 Å². The molecule has 1 amide bonds. The monoisotopic (exact) mass is 456 g/mol. The van der Waals surface area contributed by atoms with Crippen molar-refractivity contribution in [2.24, 2.45) is 0 Å². The molecule has 9 nitrogen and oxygen atoms in total. The molecule has 0 aliphatic heterocycles. The molecule has 0 fully saturated rings. The van der Waals surface area contributed by atoms with Crippen molar-refractivity contribution in [3.8, 4) is 11.4 Å². The molecule has 1 N–H and O–H groups in total. The molecule has 0 bridgehead atoms. The van der Waals surface area contributed by atoms with Gasteiger partial charge in [-0.15, -0.1) is 0 Å². The van der Waals surface area contributed by atoms with E-state index in [0.29, 0.717) is 17.9 Å². The third-order valence-corrected chi connectivity index (χ3v) is 5.22.